The van der Waals surface area contributed by atoms with Crippen molar-refractivity contribution >= 4 is 22.5 Å². The summed E-state index contributed by atoms with van der Waals surface area (Å²) in [5.74, 6) is 0.931. The Balaban J connectivity index is 1.65. The molecule has 0 radical (unpaired) electrons. The molecule has 0 spiro atoms. The van der Waals surface area contributed by atoms with Gasteiger partial charge in [-0.1, -0.05) is 11.6 Å². The van der Waals surface area contributed by atoms with Gasteiger partial charge in [0.25, 0.3) is 0 Å². The van der Waals surface area contributed by atoms with E-state index in [1.54, 1.807) is 6.33 Å². The first-order valence-electron chi connectivity index (χ1n) is 8.39. The zero-order valence-corrected chi connectivity index (χ0v) is 13.3. The van der Waals surface area contributed by atoms with Crippen molar-refractivity contribution in [1.29, 1.82) is 0 Å². The summed E-state index contributed by atoms with van der Waals surface area (Å²) in [5.41, 5.74) is 3.12. The predicted octanol–water partition coefficient (Wildman–Crippen LogP) is 1.87. The van der Waals surface area contributed by atoms with Gasteiger partial charge in [0.15, 0.2) is 5.65 Å². The summed E-state index contributed by atoms with van der Waals surface area (Å²) in [6.07, 6.45) is 4.25. The molecule has 2 aliphatic heterocycles. The molecule has 1 aromatic carbocycles. The lowest BCUT2D eigenvalue weighted by atomic mass is 10.1. The van der Waals surface area contributed by atoms with Gasteiger partial charge in [-0.2, -0.15) is 9.61 Å². The molecule has 0 N–H and O–H groups in total. The fraction of sp³-hybridized carbons (Fsp3) is 0.471. The van der Waals surface area contributed by atoms with E-state index in [1.165, 1.54) is 24.9 Å². The van der Waals surface area contributed by atoms with Gasteiger partial charge in [0, 0.05) is 31.1 Å². The van der Waals surface area contributed by atoms with E-state index in [4.69, 9.17) is 4.98 Å². The van der Waals surface area contributed by atoms with E-state index >= 15 is 0 Å². The van der Waals surface area contributed by atoms with Crippen LogP contribution in [0, 0.1) is 6.92 Å². The first kappa shape index (κ1) is 13.2. The van der Waals surface area contributed by atoms with Crippen molar-refractivity contribution in [1.82, 2.24) is 24.5 Å². The van der Waals surface area contributed by atoms with E-state index in [0.29, 0.717) is 6.04 Å². The number of nitrogens with zero attached hydrogens (tertiary/aromatic N) is 6. The molecule has 5 rings (SSSR count). The van der Waals surface area contributed by atoms with Gasteiger partial charge in [0.05, 0.1) is 5.52 Å². The van der Waals surface area contributed by atoms with Crippen LogP contribution in [0.5, 0.6) is 0 Å². The summed E-state index contributed by atoms with van der Waals surface area (Å²) in [4.78, 5) is 14.4. The maximum absolute atomic E-state index is 4.92. The standard InChI is InChI=1S/C17H20N6/c1-12-4-5-15-14(9-12)16-18-11-19-23(16)17(20-15)22-8-7-21-6-2-3-13(21)10-22/h4-5,9,11,13H,2-3,6-8,10H2,1H3. The van der Waals surface area contributed by atoms with Crippen molar-refractivity contribution in [2.75, 3.05) is 31.1 Å². The summed E-state index contributed by atoms with van der Waals surface area (Å²) < 4.78 is 1.91. The van der Waals surface area contributed by atoms with E-state index in [-0.39, 0.29) is 0 Å². The first-order valence-corrected chi connectivity index (χ1v) is 8.39. The van der Waals surface area contributed by atoms with Crippen LogP contribution in [0.1, 0.15) is 18.4 Å². The molecule has 2 fully saturated rings. The van der Waals surface area contributed by atoms with Gasteiger partial charge in [0.2, 0.25) is 5.95 Å². The molecule has 0 bridgehead atoms. The van der Waals surface area contributed by atoms with Crippen molar-refractivity contribution in [3.05, 3.63) is 30.1 Å². The summed E-state index contributed by atoms with van der Waals surface area (Å²) in [5, 5.41) is 5.52. The number of rotatable bonds is 1. The van der Waals surface area contributed by atoms with Crippen molar-refractivity contribution in [2.45, 2.75) is 25.8 Å². The molecule has 2 aliphatic rings. The Hall–Kier alpha value is -2.21. The third kappa shape index (κ3) is 2.01. The Kier molecular flexibility index (Phi) is 2.82. The molecule has 118 valence electrons. The highest BCUT2D eigenvalue weighted by atomic mass is 15.4. The lowest BCUT2D eigenvalue weighted by Crippen LogP contribution is -2.51. The van der Waals surface area contributed by atoms with Gasteiger partial charge in [-0.05, 0) is 38.4 Å². The quantitative estimate of drug-likeness (QED) is 0.687. The van der Waals surface area contributed by atoms with Crippen LogP contribution in [-0.2, 0) is 0 Å². The number of aryl methyl sites for hydroxylation is 1. The lowest BCUT2D eigenvalue weighted by molar-refractivity contribution is 0.229. The Morgan fingerprint density at radius 1 is 1.17 bits per heavy atom. The van der Waals surface area contributed by atoms with Gasteiger partial charge in [0.1, 0.15) is 6.33 Å². The number of anilines is 1. The van der Waals surface area contributed by atoms with Crippen LogP contribution in [-0.4, -0.2) is 56.7 Å². The Morgan fingerprint density at radius 3 is 3.09 bits per heavy atom. The van der Waals surface area contributed by atoms with Gasteiger partial charge in [-0.15, -0.1) is 0 Å². The van der Waals surface area contributed by atoms with E-state index in [2.05, 4.69) is 45.0 Å². The Morgan fingerprint density at radius 2 is 2.13 bits per heavy atom. The highest BCUT2D eigenvalue weighted by Gasteiger charge is 2.32. The number of hydrogen-bond donors (Lipinski definition) is 0. The zero-order chi connectivity index (χ0) is 15.4. The molecule has 6 heteroatoms. The summed E-state index contributed by atoms with van der Waals surface area (Å²) in [7, 11) is 0. The van der Waals surface area contributed by atoms with Gasteiger partial charge in [-0.25, -0.2) is 9.97 Å². The van der Waals surface area contributed by atoms with Crippen LogP contribution in [0.4, 0.5) is 5.95 Å². The van der Waals surface area contributed by atoms with Crippen LogP contribution < -0.4 is 4.90 Å². The van der Waals surface area contributed by atoms with Crippen molar-refractivity contribution in [3.63, 3.8) is 0 Å². The zero-order valence-electron chi connectivity index (χ0n) is 13.3. The first-order chi connectivity index (χ1) is 11.3. The van der Waals surface area contributed by atoms with E-state index in [0.717, 1.165) is 42.1 Å². The molecule has 2 aromatic heterocycles. The second-order valence-corrected chi connectivity index (χ2v) is 6.71. The van der Waals surface area contributed by atoms with E-state index in [9.17, 15) is 0 Å². The molecule has 3 aromatic rings. The monoisotopic (exact) mass is 308 g/mol. The molecule has 0 amide bonds. The molecular weight excluding hydrogens is 288 g/mol. The summed E-state index contributed by atoms with van der Waals surface area (Å²) >= 11 is 0. The number of hydrogen-bond acceptors (Lipinski definition) is 5. The van der Waals surface area contributed by atoms with Gasteiger partial charge < -0.3 is 4.90 Å². The molecule has 1 unspecified atom stereocenters. The van der Waals surface area contributed by atoms with Crippen molar-refractivity contribution in [2.24, 2.45) is 0 Å². The van der Waals surface area contributed by atoms with Crippen LogP contribution in [0.3, 0.4) is 0 Å². The molecule has 23 heavy (non-hydrogen) atoms. The Labute approximate surface area is 134 Å². The fourth-order valence-electron chi connectivity index (χ4n) is 4.03. The number of aromatic nitrogens is 4. The maximum atomic E-state index is 4.92. The minimum absolute atomic E-state index is 0.665. The number of fused-ring (bicyclic) bond motifs is 4. The molecule has 6 nitrogen and oxygen atoms in total. The largest absolute Gasteiger partial charge is 0.338 e. The van der Waals surface area contributed by atoms with Crippen molar-refractivity contribution in [3.8, 4) is 0 Å². The van der Waals surface area contributed by atoms with E-state index < -0.39 is 0 Å². The highest BCUT2D eigenvalue weighted by Crippen LogP contribution is 2.27. The third-order valence-electron chi connectivity index (χ3n) is 5.22. The van der Waals surface area contributed by atoms with Crippen molar-refractivity contribution < 1.29 is 0 Å². The predicted molar refractivity (Wildman–Crippen MR) is 89.8 cm³/mol. The smallest absolute Gasteiger partial charge is 0.229 e. The fourth-order valence-corrected chi connectivity index (χ4v) is 4.03. The molecular formula is C17H20N6. The van der Waals surface area contributed by atoms with E-state index in [1.807, 2.05) is 4.52 Å². The molecule has 0 aliphatic carbocycles. The maximum Gasteiger partial charge on any atom is 0.229 e. The second kappa shape index (κ2) is 4.89. The number of piperazine rings is 1. The van der Waals surface area contributed by atoms with Crippen LogP contribution in [0.25, 0.3) is 16.6 Å². The highest BCUT2D eigenvalue weighted by molar-refractivity contribution is 5.92. The summed E-state index contributed by atoms with van der Waals surface area (Å²) in [6.45, 7) is 6.52. The average Bonchev–Trinajstić information content (AvgIpc) is 3.22. The SMILES string of the molecule is Cc1ccc2nc(N3CCN4CCCC4C3)n3ncnc3c2c1. The Bertz CT molecular complexity index is 885. The minimum Gasteiger partial charge on any atom is -0.338 e. The lowest BCUT2D eigenvalue weighted by Gasteiger charge is -2.37. The third-order valence-corrected chi connectivity index (χ3v) is 5.22. The molecule has 4 heterocycles. The second-order valence-electron chi connectivity index (χ2n) is 6.71. The molecule has 1 atom stereocenters. The van der Waals surface area contributed by atoms with Gasteiger partial charge in [-0.3, -0.25) is 4.90 Å². The van der Waals surface area contributed by atoms with Gasteiger partial charge >= 0.3 is 0 Å². The molecule has 0 saturated carbocycles. The van der Waals surface area contributed by atoms with Crippen LogP contribution in [0.15, 0.2) is 24.5 Å². The van der Waals surface area contributed by atoms with Crippen LogP contribution >= 0.6 is 0 Å². The number of benzene rings is 1. The normalized spacial score (nSPS) is 22.1. The minimum atomic E-state index is 0.665. The van der Waals surface area contributed by atoms with Crippen LogP contribution in [0.2, 0.25) is 0 Å². The summed E-state index contributed by atoms with van der Waals surface area (Å²) in [6, 6.07) is 7.01. The molecule has 2 saturated heterocycles. The topological polar surface area (TPSA) is 49.6 Å². The average molecular weight is 308 g/mol.